The van der Waals surface area contributed by atoms with E-state index in [9.17, 15) is 0 Å². The molecule has 1 saturated heterocycles. The molecule has 1 heterocycles. The summed E-state index contributed by atoms with van der Waals surface area (Å²) in [5.41, 5.74) is 1.22. The monoisotopic (exact) mass is 139 g/mol. The van der Waals surface area contributed by atoms with Crippen molar-refractivity contribution in [3.05, 3.63) is 12.3 Å². The van der Waals surface area contributed by atoms with E-state index in [2.05, 4.69) is 25.7 Å². The molecule has 1 aliphatic rings. The second-order valence-corrected chi connectivity index (χ2v) is 3.53. The van der Waals surface area contributed by atoms with Gasteiger partial charge in [-0.3, -0.25) is 0 Å². The Morgan fingerprint density at radius 1 is 1.60 bits per heavy atom. The molecule has 0 radical (unpaired) electrons. The topological polar surface area (TPSA) is 12.0 Å². The molecule has 0 unspecified atom stereocenters. The average Bonchev–Trinajstić information content (AvgIpc) is 1.88. The molecular weight excluding hydrogens is 122 g/mol. The van der Waals surface area contributed by atoms with Gasteiger partial charge in [-0.05, 0) is 24.7 Å². The Labute approximate surface area is 63.5 Å². The quantitative estimate of drug-likeness (QED) is 0.587. The molecule has 1 nitrogen and oxygen atoms in total. The molecular formula is C9H17N. The van der Waals surface area contributed by atoms with Crippen LogP contribution in [0.2, 0.25) is 0 Å². The van der Waals surface area contributed by atoms with Crippen LogP contribution in [0.15, 0.2) is 12.3 Å². The van der Waals surface area contributed by atoms with Gasteiger partial charge in [-0.15, -0.1) is 0 Å². The van der Waals surface area contributed by atoms with Crippen molar-refractivity contribution < 1.29 is 0 Å². The van der Waals surface area contributed by atoms with Crippen molar-refractivity contribution in [3.63, 3.8) is 0 Å². The minimum absolute atomic E-state index is 0.820. The van der Waals surface area contributed by atoms with Gasteiger partial charge in [-0.25, -0.2) is 0 Å². The summed E-state index contributed by atoms with van der Waals surface area (Å²) >= 11 is 0. The van der Waals surface area contributed by atoms with Crippen LogP contribution in [-0.2, 0) is 0 Å². The smallest absolute Gasteiger partial charge is 0.0174 e. The highest BCUT2D eigenvalue weighted by molar-refractivity contribution is 4.96. The molecule has 0 bridgehead atoms. The summed E-state index contributed by atoms with van der Waals surface area (Å²) in [7, 11) is 0. The molecule has 1 rings (SSSR count). The van der Waals surface area contributed by atoms with Gasteiger partial charge in [0.1, 0.15) is 0 Å². The first-order chi connectivity index (χ1) is 4.70. The lowest BCUT2D eigenvalue weighted by molar-refractivity contribution is 0.321. The van der Waals surface area contributed by atoms with Crippen LogP contribution in [0.1, 0.15) is 26.7 Å². The minimum Gasteiger partial charge on any atom is -0.389 e. The summed E-state index contributed by atoms with van der Waals surface area (Å²) in [6.45, 7) is 9.62. The predicted molar refractivity (Wildman–Crippen MR) is 44.7 cm³/mol. The second kappa shape index (κ2) is 3.09. The van der Waals surface area contributed by atoms with E-state index < -0.39 is 0 Å². The Morgan fingerprint density at radius 2 is 2.30 bits per heavy atom. The SMILES string of the molecule is C=C1CC[C@H](C(C)C)CN1. The zero-order chi connectivity index (χ0) is 7.56. The summed E-state index contributed by atoms with van der Waals surface area (Å²) in [4.78, 5) is 0. The van der Waals surface area contributed by atoms with E-state index in [1.54, 1.807) is 0 Å². The van der Waals surface area contributed by atoms with Gasteiger partial charge in [0, 0.05) is 12.2 Å². The number of allylic oxidation sites excluding steroid dienone is 1. The molecule has 10 heavy (non-hydrogen) atoms. The largest absolute Gasteiger partial charge is 0.389 e. The molecule has 1 aliphatic heterocycles. The van der Waals surface area contributed by atoms with Gasteiger partial charge in [0.25, 0.3) is 0 Å². The third-order valence-electron chi connectivity index (χ3n) is 2.37. The summed E-state index contributed by atoms with van der Waals surface area (Å²) in [6, 6.07) is 0. The first-order valence-electron chi connectivity index (χ1n) is 4.12. The average molecular weight is 139 g/mol. The number of hydrogen-bond acceptors (Lipinski definition) is 1. The fraction of sp³-hybridized carbons (Fsp3) is 0.778. The van der Waals surface area contributed by atoms with Crippen LogP contribution in [0.4, 0.5) is 0 Å². The van der Waals surface area contributed by atoms with Crippen LogP contribution in [0.3, 0.4) is 0 Å². The van der Waals surface area contributed by atoms with Crippen LogP contribution in [-0.4, -0.2) is 6.54 Å². The maximum atomic E-state index is 3.90. The Kier molecular flexibility index (Phi) is 2.36. The van der Waals surface area contributed by atoms with Crippen molar-refractivity contribution in [1.29, 1.82) is 0 Å². The van der Waals surface area contributed by atoms with Gasteiger partial charge in [0.2, 0.25) is 0 Å². The van der Waals surface area contributed by atoms with E-state index in [0.29, 0.717) is 0 Å². The molecule has 0 aromatic carbocycles. The van der Waals surface area contributed by atoms with Crippen LogP contribution < -0.4 is 5.32 Å². The molecule has 0 spiro atoms. The minimum atomic E-state index is 0.820. The van der Waals surface area contributed by atoms with E-state index >= 15 is 0 Å². The van der Waals surface area contributed by atoms with Crippen molar-refractivity contribution in [2.24, 2.45) is 11.8 Å². The van der Waals surface area contributed by atoms with Gasteiger partial charge in [0.05, 0.1) is 0 Å². The third kappa shape index (κ3) is 1.76. The third-order valence-corrected chi connectivity index (χ3v) is 2.37. The molecule has 1 heteroatoms. The van der Waals surface area contributed by atoms with Crippen LogP contribution in [0.25, 0.3) is 0 Å². The lowest BCUT2D eigenvalue weighted by Gasteiger charge is -2.27. The second-order valence-electron chi connectivity index (χ2n) is 3.53. The highest BCUT2D eigenvalue weighted by atomic mass is 14.9. The fourth-order valence-electron chi connectivity index (χ4n) is 1.39. The molecule has 1 N–H and O–H groups in total. The zero-order valence-electron chi connectivity index (χ0n) is 6.98. The summed E-state index contributed by atoms with van der Waals surface area (Å²) in [5.74, 6) is 1.69. The Bertz CT molecular complexity index is 117. The van der Waals surface area contributed by atoms with E-state index in [1.807, 2.05) is 0 Å². The van der Waals surface area contributed by atoms with E-state index in [1.165, 1.54) is 18.5 Å². The number of nitrogens with one attached hydrogen (secondary N) is 1. The normalized spacial score (nSPS) is 26.7. The van der Waals surface area contributed by atoms with Gasteiger partial charge >= 0.3 is 0 Å². The van der Waals surface area contributed by atoms with E-state index in [-0.39, 0.29) is 0 Å². The lowest BCUT2D eigenvalue weighted by atomic mass is 9.88. The fourth-order valence-corrected chi connectivity index (χ4v) is 1.39. The molecule has 0 saturated carbocycles. The predicted octanol–water partition coefficient (Wildman–Crippen LogP) is 2.16. The van der Waals surface area contributed by atoms with Crippen molar-refractivity contribution in [2.75, 3.05) is 6.54 Å². The summed E-state index contributed by atoms with van der Waals surface area (Å²) in [5, 5.41) is 3.32. The van der Waals surface area contributed by atoms with Crippen LogP contribution in [0, 0.1) is 11.8 Å². The standard InChI is InChI=1S/C9H17N/c1-7(2)9-5-4-8(3)10-6-9/h7,9-10H,3-6H2,1-2H3/t9-/m0/s1. The van der Waals surface area contributed by atoms with Crippen molar-refractivity contribution in [2.45, 2.75) is 26.7 Å². The molecule has 0 aliphatic carbocycles. The number of hydrogen-bond donors (Lipinski definition) is 1. The highest BCUT2D eigenvalue weighted by Crippen LogP contribution is 2.21. The first kappa shape index (κ1) is 7.64. The molecule has 0 amide bonds. The van der Waals surface area contributed by atoms with Crippen LogP contribution in [0.5, 0.6) is 0 Å². The summed E-state index contributed by atoms with van der Waals surface area (Å²) in [6.07, 6.45) is 2.49. The molecule has 58 valence electrons. The molecule has 1 atom stereocenters. The number of rotatable bonds is 1. The molecule has 0 aromatic heterocycles. The lowest BCUT2D eigenvalue weighted by Crippen LogP contribution is -2.30. The Hall–Kier alpha value is -0.460. The van der Waals surface area contributed by atoms with Crippen molar-refractivity contribution in [3.8, 4) is 0 Å². The summed E-state index contributed by atoms with van der Waals surface area (Å²) < 4.78 is 0. The molecule has 1 fully saturated rings. The Balaban J connectivity index is 2.33. The first-order valence-corrected chi connectivity index (χ1v) is 4.12. The molecule has 0 aromatic rings. The van der Waals surface area contributed by atoms with Crippen molar-refractivity contribution in [1.82, 2.24) is 5.32 Å². The van der Waals surface area contributed by atoms with E-state index in [4.69, 9.17) is 0 Å². The maximum absolute atomic E-state index is 3.90. The van der Waals surface area contributed by atoms with Crippen LogP contribution >= 0.6 is 0 Å². The maximum Gasteiger partial charge on any atom is 0.0174 e. The van der Waals surface area contributed by atoms with E-state index in [0.717, 1.165) is 18.4 Å². The van der Waals surface area contributed by atoms with Gasteiger partial charge in [-0.1, -0.05) is 20.4 Å². The van der Waals surface area contributed by atoms with Crippen molar-refractivity contribution >= 4 is 0 Å². The number of piperidine rings is 1. The van der Waals surface area contributed by atoms with Gasteiger partial charge < -0.3 is 5.32 Å². The Morgan fingerprint density at radius 3 is 2.70 bits per heavy atom. The van der Waals surface area contributed by atoms with Gasteiger partial charge in [-0.2, -0.15) is 0 Å². The zero-order valence-corrected chi connectivity index (χ0v) is 6.98. The van der Waals surface area contributed by atoms with Gasteiger partial charge in [0.15, 0.2) is 0 Å². The highest BCUT2D eigenvalue weighted by Gasteiger charge is 2.17.